The van der Waals surface area contributed by atoms with Gasteiger partial charge in [0.1, 0.15) is 11.5 Å². The van der Waals surface area contributed by atoms with Gasteiger partial charge < -0.3 is 10.6 Å². The Morgan fingerprint density at radius 1 is 1.12 bits per heavy atom. The second kappa shape index (κ2) is 11.9. The number of fused-ring (bicyclic) bond motifs is 1. The summed E-state index contributed by atoms with van der Waals surface area (Å²) in [5.74, 6) is 0.519. The largest absolute Gasteiger partial charge is 0.382 e. The highest BCUT2D eigenvalue weighted by molar-refractivity contribution is 5.86. The van der Waals surface area contributed by atoms with E-state index in [1.54, 1.807) is 0 Å². The second-order valence-electron chi connectivity index (χ2n) is 11.0. The molecule has 0 bridgehead atoms. The molecule has 2 aromatic rings. The quantitative estimate of drug-likeness (QED) is 0.351. The molecule has 1 aliphatic rings. The predicted molar refractivity (Wildman–Crippen MR) is 144 cm³/mol. The number of anilines is 1. The first kappa shape index (κ1) is 25.6. The Bertz CT molecular complexity index is 906. The van der Waals surface area contributed by atoms with E-state index in [9.17, 15) is 0 Å². The highest BCUT2D eigenvalue weighted by Crippen LogP contribution is 2.27. The van der Waals surface area contributed by atoms with Crippen LogP contribution in [-0.4, -0.2) is 59.8 Å². The lowest BCUT2D eigenvalue weighted by Crippen LogP contribution is -2.50. The summed E-state index contributed by atoms with van der Waals surface area (Å²) in [5.41, 5.74) is 9.67. The third kappa shape index (κ3) is 8.08. The van der Waals surface area contributed by atoms with Crippen molar-refractivity contribution < 1.29 is 0 Å². The molecule has 5 heteroatoms. The number of rotatable bonds is 10. The van der Waals surface area contributed by atoms with Crippen LogP contribution in [0.5, 0.6) is 0 Å². The van der Waals surface area contributed by atoms with Gasteiger partial charge in [-0.25, -0.2) is 4.98 Å². The van der Waals surface area contributed by atoms with Crippen molar-refractivity contribution in [2.24, 2.45) is 10.4 Å². The molecule has 1 atom stereocenters. The van der Waals surface area contributed by atoms with E-state index in [1.807, 2.05) is 6.21 Å². The zero-order valence-corrected chi connectivity index (χ0v) is 21.6. The second-order valence-corrected chi connectivity index (χ2v) is 11.0. The van der Waals surface area contributed by atoms with Crippen LogP contribution in [0.2, 0.25) is 0 Å². The first-order valence-corrected chi connectivity index (χ1v) is 12.9. The molecule has 0 amide bonds. The SMILES string of the molecule is CCCCC=Nc1cc2ccc(CCCN3CCN(C(C)CC(C)(C)C)CC3)cc2nc1N. The van der Waals surface area contributed by atoms with Crippen molar-refractivity contribution in [3.05, 3.63) is 29.8 Å². The topological polar surface area (TPSA) is 57.8 Å². The summed E-state index contributed by atoms with van der Waals surface area (Å²) < 4.78 is 0. The van der Waals surface area contributed by atoms with Gasteiger partial charge in [0.25, 0.3) is 0 Å². The summed E-state index contributed by atoms with van der Waals surface area (Å²) in [7, 11) is 0. The Labute approximate surface area is 201 Å². The highest BCUT2D eigenvalue weighted by Gasteiger charge is 2.24. The van der Waals surface area contributed by atoms with Gasteiger partial charge in [-0.2, -0.15) is 0 Å². The molecule has 1 fully saturated rings. The summed E-state index contributed by atoms with van der Waals surface area (Å²) >= 11 is 0. The predicted octanol–water partition coefficient (Wildman–Crippen LogP) is 6.08. The van der Waals surface area contributed by atoms with Gasteiger partial charge in [0.05, 0.1) is 5.52 Å². The minimum atomic E-state index is 0.402. The zero-order valence-electron chi connectivity index (χ0n) is 21.6. The number of aryl methyl sites for hydroxylation is 1. The molecule has 0 saturated carbocycles. The van der Waals surface area contributed by atoms with Gasteiger partial charge in [-0.15, -0.1) is 0 Å². The van der Waals surface area contributed by atoms with E-state index in [1.165, 1.54) is 57.5 Å². The molecule has 2 heterocycles. The van der Waals surface area contributed by atoms with Crippen molar-refractivity contribution in [2.45, 2.75) is 79.2 Å². The van der Waals surface area contributed by atoms with Gasteiger partial charge >= 0.3 is 0 Å². The molecule has 1 aromatic heterocycles. The van der Waals surface area contributed by atoms with Crippen LogP contribution in [0.1, 0.15) is 72.3 Å². The van der Waals surface area contributed by atoms with Gasteiger partial charge in [0.15, 0.2) is 0 Å². The maximum absolute atomic E-state index is 6.18. The average molecular weight is 452 g/mol. The van der Waals surface area contributed by atoms with Crippen LogP contribution in [0.4, 0.5) is 11.5 Å². The van der Waals surface area contributed by atoms with Gasteiger partial charge in [-0.1, -0.05) is 46.2 Å². The minimum absolute atomic E-state index is 0.402. The van der Waals surface area contributed by atoms with Crippen molar-refractivity contribution >= 4 is 28.6 Å². The molecule has 0 aliphatic carbocycles. The van der Waals surface area contributed by atoms with Gasteiger partial charge in [0.2, 0.25) is 0 Å². The van der Waals surface area contributed by atoms with E-state index in [4.69, 9.17) is 5.73 Å². The minimum Gasteiger partial charge on any atom is -0.382 e. The molecule has 1 aliphatic heterocycles. The van der Waals surface area contributed by atoms with E-state index in [0.717, 1.165) is 35.9 Å². The maximum Gasteiger partial charge on any atom is 0.150 e. The first-order chi connectivity index (χ1) is 15.7. The van der Waals surface area contributed by atoms with Gasteiger partial charge in [0, 0.05) is 43.8 Å². The van der Waals surface area contributed by atoms with Crippen molar-refractivity contribution in [1.29, 1.82) is 0 Å². The number of nitrogens with two attached hydrogens (primary N) is 1. The van der Waals surface area contributed by atoms with Crippen molar-refractivity contribution in [3.8, 4) is 0 Å². The molecular weight excluding hydrogens is 406 g/mol. The van der Waals surface area contributed by atoms with E-state index in [-0.39, 0.29) is 0 Å². The lowest BCUT2D eigenvalue weighted by atomic mass is 9.88. The van der Waals surface area contributed by atoms with E-state index >= 15 is 0 Å². The average Bonchev–Trinajstić information content (AvgIpc) is 2.76. The number of nitrogen functional groups attached to an aromatic ring is 1. The number of hydrogen-bond donors (Lipinski definition) is 1. The molecule has 2 N–H and O–H groups in total. The van der Waals surface area contributed by atoms with E-state index in [0.29, 0.717) is 17.3 Å². The normalized spacial score (nSPS) is 17.2. The maximum atomic E-state index is 6.18. The molecule has 33 heavy (non-hydrogen) atoms. The molecule has 1 unspecified atom stereocenters. The molecule has 0 radical (unpaired) electrons. The van der Waals surface area contributed by atoms with Crippen LogP contribution in [0, 0.1) is 5.41 Å². The smallest absolute Gasteiger partial charge is 0.150 e. The molecule has 3 rings (SSSR count). The highest BCUT2D eigenvalue weighted by atomic mass is 15.3. The summed E-state index contributed by atoms with van der Waals surface area (Å²) in [6, 6.07) is 9.33. The summed E-state index contributed by atoms with van der Waals surface area (Å²) in [5, 5.41) is 1.11. The lowest BCUT2D eigenvalue weighted by Gasteiger charge is -2.40. The van der Waals surface area contributed by atoms with Crippen molar-refractivity contribution in [1.82, 2.24) is 14.8 Å². The molecule has 1 saturated heterocycles. The fraction of sp³-hybridized carbons (Fsp3) is 0.643. The van der Waals surface area contributed by atoms with Gasteiger partial charge in [-0.3, -0.25) is 9.89 Å². The summed E-state index contributed by atoms with van der Waals surface area (Å²) in [6.07, 6.45) is 8.79. The van der Waals surface area contributed by atoms with Crippen LogP contribution in [0.3, 0.4) is 0 Å². The Hall–Kier alpha value is -1.98. The number of benzene rings is 1. The fourth-order valence-electron chi connectivity index (χ4n) is 4.88. The molecule has 0 spiro atoms. The molecular formula is C28H45N5. The number of piperazine rings is 1. The van der Waals surface area contributed by atoms with Crippen LogP contribution >= 0.6 is 0 Å². The number of aliphatic imine (C=N–C) groups is 1. The number of unbranched alkanes of at least 4 members (excludes halogenated alkanes) is 2. The van der Waals surface area contributed by atoms with Crippen molar-refractivity contribution in [3.63, 3.8) is 0 Å². The third-order valence-corrected chi connectivity index (χ3v) is 6.69. The van der Waals surface area contributed by atoms with E-state index < -0.39 is 0 Å². The number of pyridine rings is 1. The first-order valence-electron chi connectivity index (χ1n) is 12.9. The Morgan fingerprint density at radius 3 is 2.58 bits per heavy atom. The van der Waals surface area contributed by atoms with Gasteiger partial charge in [-0.05, 0) is 68.7 Å². The number of aromatic nitrogens is 1. The molecule has 182 valence electrons. The van der Waals surface area contributed by atoms with E-state index in [2.05, 4.69) is 78.7 Å². The Morgan fingerprint density at radius 2 is 1.88 bits per heavy atom. The van der Waals surface area contributed by atoms with Crippen LogP contribution in [-0.2, 0) is 6.42 Å². The molecule has 1 aromatic carbocycles. The van der Waals surface area contributed by atoms with Crippen LogP contribution in [0.15, 0.2) is 29.3 Å². The van der Waals surface area contributed by atoms with Crippen LogP contribution in [0.25, 0.3) is 10.9 Å². The summed E-state index contributed by atoms with van der Waals surface area (Å²) in [6.45, 7) is 17.5. The van der Waals surface area contributed by atoms with Crippen molar-refractivity contribution in [2.75, 3.05) is 38.5 Å². The zero-order chi connectivity index (χ0) is 23.8. The molecule has 5 nitrogen and oxygen atoms in total. The standard InChI is InChI=1S/C28H45N5/c1-6-7-8-13-30-26-20-24-12-11-23(19-25(24)31-27(26)29)10-9-14-32-15-17-33(18-16-32)22(2)21-28(3,4)5/h11-13,19-20,22H,6-10,14-18,21H2,1-5H3,(H2,29,31). The summed E-state index contributed by atoms with van der Waals surface area (Å²) in [4.78, 5) is 14.5. The third-order valence-electron chi connectivity index (χ3n) is 6.69. The number of hydrogen-bond acceptors (Lipinski definition) is 5. The fourth-order valence-corrected chi connectivity index (χ4v) is 4.88. The monoisotopic (exact) mass is 451 g/mol. The van der Waals surface area contributed by atoms with Crippen LogP contribution < -0.4 is 5.73 Å². The number of nitrogens with zero attached hydrogens (tertiary/aromatic N) is 4. The Balaban J connectivity index is 1.47. The lowest BCUT2D eigenvalue weighted by molar-refractivity contribution is 0.0835. The Kier molecular flexibility index (Phi) is 9.27.